The van der Waals surface area contributed by atoms with E-state index in [0.717, 1.165) is 0 Å². The number of nitrogens with zero attached hydrogens (tertiary/aromatic N) is 1. The SMILES string of the molecule is CC(=O)OCC1=C[C@@H](N=N)C(=O)C1=O. The van der Waals surface area contributed by atoms with Crippen LogP contribution in [0, 0.1) is 5.53 Å². The Morgan fingerprint density at radius 3 is 2.71 bits per heavy atom. The van der Waals surface area contributed by atoms with Gasteiger partial charge in [0.1, 0.15) is 6.61 Å². The quantitative estimate of drug-likeness (QED) is 0.391. The minimum absolute atomic E-state index is 0.0891. The van der Waals surface area contributed by atoms with Crippen molar-refractivity contribution < 1.29 is 19.1 Å². The van der Waals surface area contributed by atoms with Gasteiger partial charge in [-0.3, -0.25) is 14.4 Å². The summed E-state index contributed by atoms with van der Waals surface area (Å²) in [5, 5.41) is 2.96. The lowest BCUT2D eigenvalue weighted by Gasteiger charge is -1.99. The molecule has 1 aliphatic rings. The summed E-state index contributed by atoms with van der Waals surface area (Å²) in [6.45, 7) is 0.972. The van der Waals surface area contributed by atoms with Gasteiger partial charge in [0.25, 0.3) is 0 Å². The molecule has 6 nitrogen and oxygen atoms in total. The van der Waals surface area contributed by atoms with Gasteiger partial charge in [0.15, 0.2) is 6.04 Å². The van der Waals surface area contributed by atoms with Crippen LogP contribution in [-0.4, -0.2) is 30.2 Å². The van der Waals surface area contributed by atoms with Crippen LogP contribution in [0.5, 0.6) is 0 Å². The van der Waals surface area contributed by atoms with Crippen molar-refractivity contribution in [3.8, 4) is 0 Å². The van der Waals surface area contributed by atoms with Crippen LogP contribution in [0.1, 0.15) is 6.92 Å². The highest BCUT2D eigenvalue weighted by atomic mass is 16.5. The van der Waals surface area contributed by atoms with Gasteiger partial charge in [0, 0.05) is 12.5 Å². The van der Waals surface area contributed by atoms with Gasteiger partial charge in [-0.05, 0) is 6.08 Å². The molecule has 0 bridgehead atoms. The van der Waals surface area contributed by atoms with Gasteiger partial charge >= 0.3 is 5.97 Å². The largest absolute Gasteiger partial charge is 0.461 e. The second-order valence-electron chi connectivity index (χ2n) is 2.74. The third-order valence-electron chi connectivity index (χ3n) is 1.71. The highest BCUT2D eigenvalue weighted by Gasteiger charge is 2.33. The molecule has 0 unspecified atom stereocenters. The van der Waals surface area contributed by atoms with Crippen molar-refractivity contribution in [1.29, 1.82) is 5.53 Å². The molecule has 1 rings (SSSR count). The number of nitrogens with one attached hydrogen (secondary N) is 1. The number of rotatable bonds is 3. The molecule has 6 heteroatoms. The summed E-state index contributed by atoms with van der Waals surface area (Å²) in [6.07, 6.45) is 1.24. The van der Waals surface area contributed by atoms with Gasteiger partial charge in [0.2, 0.25) is 11.6 Å². The van der Waals surface area contributed by atoms with E-state index in [1.165, 1.54) is 13.0 Å². The average Bonchev–Trinajstić information content (AvgIpc) is 2.41. The van der Waals surface area contributed by atoms with Crippen molar-refractivity contribution >= 4 is 17.5 Å². The molecule has 0 aromatic carbocycles. The first-order valence-corrected chi connectivity index (χ1v) is 3.85. The predicted molar refractivity (Wildman–Crippen MR) is 43.7 cm³/mol. The number of carbonyl (C=O) groups excluding carboxylic acids is 3. The molecule has 74 valence electrons. The van der Waals surface area contributed by atoms with Gasteiger partial charge in [-0.1, -0.05) is 0 Å². The number of hydrogen-bond acceptors (Lipinski definition) is 6. The molecule has 0 aromatic rings. The van der Waals surface area contributed by atoms with E-state index in [1.54, 1.807) is 0 Å². The molecule has 1 aliphatic carbocycles. The molecular weight excluding hydrogens is 188 g/mol. The second kappa shape index (κ2) is 3.91. The van der Waals surface area contributed by atoms with Crippen molar-refractivity contribution in [2.45, 2.75) is 13.0 Å². The van der Waals surface area contributed by atoms with E-state index in [9.17, 15) is 14.4 Å². The maximum Gasteiger partial charge on any atom is 0.302 e. The standard InChI is InChI=1S/C8H8N2O4/c1-4(11)14-3-5-2-6(10-9)8(13)7(5)12/h2,6,9H,3H2,1H3/t6-/m1/s1. The maximum atomic E-state index is 11.1. The molecule has 14 heavy (non-hydrogen) atoms. The summed E-state index contributed by atoms with van der Waals surface area (Å²) >= 11 is 0. The second-order valence-corrected chi connectivity index (χ2v) is 2.74. The number of ketones is 2. The molecule has 0 radical (unpaired) electrons. The van der Waals surface area contributed by atoms with E-state index in [-0.39, 0.29) is 12.2 Å². The van der Waals surface area contributed by atoms with Crippen LogP contribution in [0.3, 0.4) is 0 Å². The monoisotopic (exact) mass is 196 g/mol. The zero-order chi connectivity index (χ0) is 10.7. The molecule has 0 amide bonds. The Labute approximate surface area is 79.4 Å². The lowest BCUT2D eigenvalue weighted by Crippen LogP contribution is -2.19. The van der Waals surface area contributed by atoms with Crippen LogP contribution in [0.4, 0.5) is 0 Å². The highest BCUT2D eigenvalue weighted by Crippen LogP contribution is 2.14. The first kappa shape index (κ1) is 10.2. The smallest absolute Gasteiger partial charge is 0.302 e. The van der Waals surface area contributed by atoms with Crippen molar-refractivity contribution in [3.63, 3.8) is 0 Å². The number of esters is 1. The van der Waals surface area contributed by atoms with Gasteiger partial charge in [0.05, 0.1) is 0 Å². The predicted octanol–water partition coefficient (Wildman–Crippen LogP) is 0.0273. The first-order chi connectivity index (χ1) is 6.56. The minimum atomic E-state index is -1.03. The number of ether oxygens (including phenoxy) is 1. The van der Waals surface area contributed by atoms with Crippen LogP contribution in [-0.2, 0) is 19.1 Å². The Hall–Kier alpha value is -1.85. The number of hydrogen-bond donors (Lipinski definition) is 1. The summed E-state index contributed by atoms with van der Waals surface area (Å²) in [5.41, 5.74) is 6.72. The molecule has 1 atom stereocenters. The van der Waals surface area contributed by atoms with E-state index >= 15 is 0 Å². The van der Waals surface area contributed by atoms with Crippen molar-refractivity contribution in [2.75, 3.05) is 6.61 Å². The topological polar surface area (TPSA) is 96.7 Å². The van der Waals surface area contributed by atoms with E-state index < -0.39 is 23.6 Å². The van der Waals surface area contributed by atoms with Gasteiger partial charge in [-0.15, -0.1) is 0 Å². The summed E-state index contributed by atoms with van der Waals surface area (Å²) in [7, 11) is 0. The van der Waals surface area contributed by atoms with Crippen LogP contribution in [0.25, 0.3) is 0 Å². The number of Topliss-reactive ketones (excluding diaryl/α,β-unsaturated/α-hetero) is 2. The molecule has 0 saturated heterocycles. The third kappa shape index (κ3) is 1.90. The molecule has 0 heterocycles. The molecule has 0 spiro atoms. The Bertz CT molecular complexity index is 345. The lowest BCUT2D eigenvalue weighted by molar-refractivity contribution is -0.140. The van der Waals surface area contributed by atoms with Crippen molar-refractivity contribution in [1.82, 2.24) is 0 Å². The van der Waals surface area contributed by atoms with Gasteiger partial charge in [-0.25, -0.2) is 5.53 Å². The zero-order valence-corrected chi connectivity index (χ0v) is 7.44. The fourth-order valence-corrected chi connectivity index (χ4v) is 1.02. The van der Waals surface area contributed by atoms with Crippen molar-refractivity contribution in [2.24, 2.45) is 5.11 Å². The van der Waals surface area contributed by atoms with E-state index in [4.69, 9.17) is 5.53 Å². The normalized spacial score (nSPS) is 20.6. The van der Waals surface area contributed by atoms with Gasteiger partial charge in [-0.2, -0.15) is 5.11 Å². The minimum Gasteiger partial charge on any atom is -0.461 e. The Balaban J connectivity index is 2.70. The molecule has 0 saturated carbocycles. The van der Waals surface area contributed by atoms with Crippen LogP contribution >= 0.6 is 0 Å². The Morgan fingerprint density at radius 2 is 2.29 bits per heavy atom. The lowest BCUT2D eigenvalue weighted by atomic mass is 10.2. The number of carbonyl (C=O) groups is 3. The molecule has 0 aromatic heterocycles. The van der Waals surface area contributed by atoms with E-state index in [2.05, 4.69) is 9.85 Å². The van der Waals surface area contributed by atoms with E-state index in [0.29, 0.717) is 0 Å². The summed E-state index contributed by atoms with van der Waals surface area (Å²) in [5.74, 6) is -2.01. The summed E-state index contributed by atoms with van der Waals surface area (Å²) < 4.78 is 4.55. The van der Waals surface area contributed by atoms with Crippen LogP contribution in [0.2, 0.25) is 0 Å². The molecule has 0 aliphatic heterocycles. The molecule has 1 N–H and O–H groups in total. The summed E-state index contributed by atoms with van der Waals surface area (Å²) in [6, 6.07) is -1.03. The Kier molecular flexibility index (Phi) is 2.85. The summed E-state index contributed by atoms with van der Waals surface area (Å²) in [4.78, 5) is 32.6. The third-order valence-corrected chi connectivity index (χ3v) is 1.71. The average molecular weight is 196 g/mol. The van der Waals surface area contributed by atoms with Crippen LogP contribution in [0.15, 0.2) is 16.8 Å². The molecule has 0 fully saturated rings. The van der Waals surface area contributed by atoms with E-state index in [1.807, 2.05) is 0 Å². The van der Waals surface area contributed by atoms with Crippen molar-refractivity contribution in [3.05, 3.63) is 11.6 Å². The maximum absolute atomic E-state index is 11.1. The first-order valence-electron chi connectivity index (χ1n) is 3.85. The van der Waals surface area contributed by atoms with Gasteiger partial charge < -0.3 is 4.74 Å². The zero-order valence-electron chi connectivity index (χ0n) is 7.44. The Morgan fingerprint density at radius 1 is 1.64 bits per heavy atom. The fourth-order valence-electron chi connectivity index (χ4n) is 1.02. The van der Waals surface area contributed by atoms with Crippen LogP contribution < -0.4 is 0 Å². The highest BCUT2D eigenvalue weighted by molar-refractivity contribution is 6.48. The molecular formula is C8H8N2O4. The fraction of sp³-hybridized carbons (Fsp3) is 0.375.